The van der Waals surface area contributed by atoms with E-state index in [-0.39, 0.29) is 0 Å². The Morgan fingerprint density at radius 1 is 1.67 bits per heavy atom. The minimum absolute atomic E-state index is 0.310. The van der Waals surface area contributed by atoms with Crippen LogP contribution in [0.2, 0.25) is 0 Å². The zero-order valence-corrected chi connectivity index (χ0v) is 5.75. The molecule has 9 heavy (non-hydrogen) atoms. The van der Waals surface area contributed by atoms with Crippen LogP contribution >= 0.6 is 23.1 Å². The molecule has 2 nitrogen and oxygen atoms in total. The predicted molar refractivity (Wildman–Crippen MR) is 31.8 cm³/mol. The van der Waals surface area contributed by atoms with Gasteiger partial charge in [-0.2, -0.15) is 8.78 Å². The van der Waals surface area contributed by atoms with E-state index >= 15 is 0 Å². The lowest BCUT2D eigenvalue weighted by Gasteiger charge is -1.88. The Labute approximate surface area is 58.3 Å². The lowest BCUT2D eigenvalue weighted by Crippen LogP contribution is -1.79. The quantitative estimate of drug-likeness (QED) is 0.630. The maximum atomic E-state index is 11.5. The molecule has 50 valence electrons. The minimum Gasteiger partial charge on any atom is -0.197 e. The summed E-state index contributed by atoms with van der Waals surface area (Å²) in [5.41, 5.74) is 1.42. The maximum absolute atomic E-state index is 11.5. The second-order valence-corrected chi connectivity index (χ2v) is 3.15. The normalized spacial score (nSPS) is 10.6. The van der Waals surface area contributed by atoms with Crippen molar-refractivity contribution in [3.05, 3.63) is 5.51 Å². The van der Waals surface area contributed by atoms with Crippen LogP contribution < -0.4 is 0 Å². The Hall–Kier alpha value is -0.230. The number of hydrogen-bond donors (Lipinski definition) is 0. The van der Waals surface area contributed by atoms with E-state index in [4.69, 9.17) is 0 Å². The lowest BCUT2D eigenvalue weighted by atomic mass is 11.6. The summed E-state index contributed by atoms with van der Waals surface area (Å²) in [5.74, 6) is -2.39. The van der Waals surface area contributed by atoms with Crippen molar-refractivity contribution in [3.8, 4) is 0 Å². The first-order valence-electron chi connectivity index (χ1n) is 2.00. The largest absolute Gasteiger partial charge is 0.291 e. The topological polar surface area (TPSA) is 25.8 Å². The molecule has 0 aliphatic rings. The molecule has 0 aromatic carbocycles. The van der Waals surface area contributed by atoms with Crippen LogP contribution in [0.1, 0.15) is 0 Å². The second kappa shape index (κ2) is 3.07. The first-order valence-corrected chi connectivity index (χ1v) is 3.76. The van der Waals surface area contributed by atoms with Crippen LogP contribution in [0.25, 0.3) is 0 Å². The fourth-order valence-electron chi connectivity index (χ4n) is 0.290. The zero-order chi connectivity index (χ0) is 6.69. The monoisotopic (exact) mass is 168 g/mol. The highest BCUT2D eigenvalue weighted by Gasteiger charge is 2.06. The van der Waals surface area contributed by atoms with Crippen molar-refractivity contribution < 1.29 is 8.78 Å². The number of rotatable bonds is 2. The fraction of sp³-hybridized carbons (Fsp3) is 0.333. The van der Waals surface area contributed by atoms with Gasteiger partial charge < -0.3 is 0 Å². The number of thioether (sulfide) groups is 1. The van der Waals surface area contributed by atoms with Crippen LogP contribution in [0.15, 0.2) is 9.85 Å². The molecular weight excluding hydrogens is 166 g/mol. The third kappa shape index (κ3) is 2.23. The van der Waals surface area contributed by atoms with E-state index in [1.54, 1.807) is 0 Å². The van der Waals surface area contributed by atoms with Crippen molar-refractivity contribution in [1.29, 1.82) is 0 Å². The van der Waals surface area contributed by atoms with E-state index in [0.717, 1.165) is 11.3 Å². The molecule has 0 saturated heterocycles. The summed E-state index contributed by atoms with van der Waals surface area (Å²) in [4.78, 5) is 0. The number of hydrogen-bond acceptors (Lipinski definition) is 4. The molecule has 0 fully saturated rings. The summed E-state index contributed by atoms with van der Waals surface area (Å²) in [6.07, 6.45) is 0. The Balaban J connectivity index is 2.48. The van der Waals surface area contributed by atoms with Crippen molar-refractivity contribution in [3.63, 3.8) is 0 Å². The maximum Gasteiger partial charge on any atom is 0.291 e. The van der Waals surface area contributed by atoms with Crippen LogP contribution in [0.4, 0.5) is 8.78 Å². The molecule has 0 aliphatic carbocycles. The van der Waals surface area contributed by atoms with Gasteiger partial charge in [0.05, 0.1) is 0 Å². The van der Waals surface area contributed by atoms with Gasteiger partial charge in [0.25, 0.3) is 5.76 Å². The molecule has 1 rings (SSSR count). The molecule has 1 aromatic rings. The molecule has 0 aliphatic heterocycles. The molecule has 0 unspecified atom stereocenters. The summed E-state index contributed by atoms with van der Waals surface area (Å²) in [5, 5.41) is 6.80. The van der Waals surface area contributed by atoms with Gasteiger partial charge in [-0.1, -0.05) is 11.3 Å². The molecule has 0 N–H and O–H groups in total. The van der Waals surface area contributed by atoms with E-state index in [0.29, 0.717) is 16.1 Å². The van der Waals surface area contributed by atoms with Crippen molar-refractivity contribution in [2.45, 2.75) is 10.1 Å². The van der Waals surface area contributed by atoms with Gasteiger partial charge >= 0.3 is 0 Å². The lowest BCUT2D eigenvalue weighted by molar-refractivity contribution is 0.252. The summed E-state index contributed by atoms with van der Waals surface area (Å²) in [6, 6.07) is 0. The van der Waals surface area contributed by atoms with Gasteiger partial charge in [-0.15, -0.1) is 10.2 Å². The highest BCUT2D eigenvalue weighted by Crippen LogP contribution is 2.25. The van der Waals surface area contributed by atoms with E-state index in [9.17, 15) is 8.78 Å². The Morgan fingerprint density at radius 2 is 2.44 bits per heavy atom. The van der Waals surface area contributed by atoms with Crippen LogP contribution in [-0.2, 0) is 0 Å². The Kier molecular flexibility index (Phi) is 2.35. The van der Waals surface area contributed by atoms with Crippen LogP contribution in [0.5, 0.6) is 0 Å². The summed E-state index contributed by atoms with van der Waals surface area (Å²) >= 11 is 1.53. The van der Waals surface area contributed by atoms with Gasteiger partial charge in [0.15, 0.2) is 4.34 Å². The van der Waals surface area contributed by atoms with Crippen LogP contribution in [0, 0.1) is 0 Å². The standard InChI is InChI=1S/C3H2F2N2S2/c4-2(5)9-3-7-6-1-8-3/h1-2H. The predicted octanol–water partition coefficient (Wildman–Crippen LogP) is 1.85. The Morgan fingerprint density at radius 3 is 2.89 bits per heavy atom. The van der Waals surface area contributed by atoms with E-state index < -0.39 is 5.76 Å². The highest BCUT2D eigenvalue weighted by atomic mass is 32.2. The summed E-state index contributed by atoms with van der Waals surface area (Å²) < 4.78 is 23.3. The van der Waals surface area contributed by atoms with E-state index in [1.165, 1.54) is 5.51 Å². The number of alkyl halides is 2. The molecule has 1 heterocycles. The molecular formula is C3H2F2N2S2. The van der Waals surface area contributed by atoms with Crippen molar-refractivity contribution >= 4 is 23.1 Å². The van der Waals surface area contributed by atoms with Gasteiger partial charge in [-0.05, 0) is 11.8 Å². The first-order chi connectivity index (χ1) is 4.29. The van der Waals surface area contributed by atoms with E-state index in [1.807, 2.05) is 0 Å². The minimum atomic E-state index is -2.39. The van der Waals surface area contributed by atoms with Gasteiger partial charge in [0.1, 0.15) is 5.51 Å². The molecule has 0 radical (unpaired) electrons. The zero-order valence-electron chi connectivity index (χ0n) is 4.12. The molecule has 0 amide bonds. The van der Waals surface area contributed by atoms with Crippen molar-refractivity contribution in [2.75, 3.05) is 0 Å². The van der Waals surface area contributed by atoms with E-state index in [2.05, 4.69) is 10.2 Å². The summed E-state index contributed by atoms with van der Waals surface area (Å²) in [7, 11) is 0. The highest BCUT2D eigenvalue weighted by molar-refractivity contribution is 8.01. The molecule has 1 aromatic heterocycles. The van der Waals surface area contributed by atoms with Crippen molar-refractivity contribution in [2.24, 2.45) is 0 Å². The van der Waals surface area contributed by atoms with Gasteiger partial charge in [0, 0.05) is 0 Å². The van der Waals surface area contributed by atoms with Gasteiger partial charge in [-0.25, -0.2) is 0 Å². The molecule has 6 heteroatoms. The Bertz CT molecular complexity index is 164. The summed E-state index contributed by atoms with van der Waals surface area (Å²) in [6.45, 7) is 0. The first kappa shape index (κ1) is 6.88. The van der Waals surface area contributed by atoms with Gasteiger partial charge in [-0.3, -0.25) is 0 Å². The number of aromatic nitrogens is 2. The molecule has 0 atom stereocenters. The number of nitrogens with zero attached hydrogens (tertiary/aromatic N) is 2. The third-order valence-electron chi connectivity index (χ3n) is 0.530. The second-order valence-electron chi connectivity index (χ2n) is 1.08. The smallest absolute Gasteiger partial charge is 0.197 e. The van der Waals surface area contributed by atoms with Crippen LogP contribution in [0.3, 0.4) is 0 Å². The number of halogens is 2. The van der Waals surface area contributed by atoms with Crippen LogP contribution in [-0.4, -0.2) is 16.0 Å². The fourth-order valence-corrected chi connectivity index (χ4v) is 1.39. The third-order valence-corrected chi connectivity index (χ3v) is 2.05. The van der Waals surface area contributed by atoms with Crippen molar-refractivity contribution in [1.82, 2.24) is 10.2 Å². The molecule has 0 bridgehead atoms. The average molecular weight is 168 g/mol. The molecule has 0 spiro atoms. The average Bonchev–Trinajstić information content (AvgIpc) is 2.15. The van der Waals surface area contributed by atoms with Gasteiger partial charge in [0.2, 0.25) is 0 Å². The molecule has 0 saturated carbocycles. The SMILES string of the molecule is FC(F)Sc1nncs1.